The Kier molecular flexibility index (Phi) is 3.76. The lowest BCUT2D eigenvalue weighted by molar-refractivity contribution is 0.0695. The maximum absolute atomic E-state index is 13.0. The highest BCUT2D eigenvalue weighted by Gasteiger charge is 2.24. The summed E-state index contributed by atoms with van der Waals surface area (Å²) in [4.78, 5) is 16.8. The predicted molar refractivity (Wildman–Crippen MR) is 63.4 cm³/mol. The second-order valence-electron chi connectivity index (χ2n) is 4.25. The molecular formula is C12H15FN2O3. The van der Waals surface area contributed by atoms with Crippen LogP contribution < -0.4 is 4.90 Å². The zero-order chi connectivity index (χ0) is 13.1. The second-order valence-corrected chi connectivity index (χ2v) is 4.25. The summed E-state index contributed by atoms with van der Waals surface area (Å²) < 4.78 is 18.3. The Balaban J connectivity index is 2.21. The number of carboxylic acids is 1. The molecule has 0 bridgehead atoms. The summed E-state index contributed by atoms with van der Waals surface area (Å²) in [6, 6.07) is 1.01. The lowest BCUT2D eigenvalue weighted by atomic mass is 10.1. The number of carboxylic acid groups (broad SMARTS) is 1. The highest BCUT2D eigenvalue weighted by atomic mass is 19.1. The minimum absolute atomic E-state index is 0.0918. The molecule has 0 radical (unpaired) electrons. The largest absolute Gasteiger partial charge is 0.478 e. The summed E-state index contributed by atoms with van der Waals surface area (Å²) in [5.74, 6) is -1.47. The van der Waals surface area contributed by atoms with Crippen LogP contribution >= 0.6 is 0 Å². The predicted octanol–water partition coefficient (Wildman–Crippen LogP) is 1.53. The van der Waals surface area contributed by atoms with E-state index in [9.17, 15) is 9.18 Å². The number of halogens is 1. The monoisotopic (exact) mass is 254 g/mol. The lowest BCUT2D eigenvalue weighted by Gasteiger charge is -2.32. The van der Waals surface area contributed by atoms with E-state index in [4.69, 9.17) is 9.84 Å². The second kappa shape index (κ2) is 5.30. The quantitative estimate of drug-likeness (QED) is 0.886. The Labute approximate surface area is 104 Å². The summed E-state index contributed by atoms with van der Waals surface area (Å²) in [5.41, 5.74) is -0.0918. The van der Waals surface area contributed by atoms with Crippen LogP contribution in [-0.2, 0) is 4.74 Å². The van der Waals surface area contributed by atoms with Crippen LogP contribution in [0.5, 0.6) is 0 Å². The fraction of sp³-hybridized carbons (Fsp3) is 0.500. The minimum atomic E-state index is -1.16. The van der Waals surface area contributed by atoms with E-state index in [1.54, 1.807) is 7.11 Å². The number of hydrogen-bond acceptors (Lipinski definition) is 4. The Hall–Kier alpha value is -1.69. The standard InChI is InChI=1S/C12H15FN2O3/c1-18-9-2-4-15(5-3-9)11-10(12(16)17)6-8(13)7-14-11/h6-7,9H,2-5H2,1H3,(H,16,17). The molecule has 0 spiro atoms. The van der Waals surface area contributed by atoms with Crippen molar-refractivity contribution in [1.82, 2.24) is 4.98 Å². The SMILES string of the molecule is COC1CCN(c2ncc(F)cc2C(=O)O)CC1. The van der Waals surface area contributed by atoms with Gasteiger partial charge in [0.25, 0.3) is 0 Å². The summed E-state index contributed by atoms with van der Waals surface area (Å²) >= 11 is 0. The molecule has 0 aromatic carbocycles. The van der Waals surface area contributed by atoms with Gasteiger partial charge in [0, 0.05) is 20.2 Å². The van der Waals surface area contributed by atoms with Crippen LogP contribution in [0, 0.1) is 5.82 Å². The van der Waals surface area contributed by atoms with Crippen LogP contribution in [0.2, 0.25) is 0 Å². The van der Waals surface area contributed by atoms with Gasteiger partial charge in [-0.2, -0.15) is 0 Å². The smallest absolute Gasteiger partial charge is 0.339 e. The van der Waals surface area contributed by atoms with Crippen molar-refractivity contribution in [3.05, 3.63) is 23.6 Å². The first-order valence-electron chi connectivity index (χ1n) is 5.78. The molecule has 0 unspecified atom stereocenters. The minimum Gasteiger partial charge on any atom is -0.478 e. The average Bonchev–Trinajstić information content (AvgIpc) is 2.39. The Morgan fingerprint density at radius 1 is 1.56 bits per heavy atom. The number of nitrogens with zero attached hydrogens (tertiary/aromatic N) is 2. The van der Waals surface area contributed by atoms with E-state index in [1.165, 1.54) is 0 Å². The van der Waals surface area contributed by atoms with Crippen LogP contribution in [0.1, 0.15) is 23.2 Å². The van der Waals surface area contributed by atoms with Gasteiger partial charge in [-0.25, -0.2) is 14.2 Å². The maximum atomic E-state index is 13.0. The molecule has 2 heterocycles. The Morgan fingerprint density at radius 2 is 2.22 bits per heavy atom. The molecule has 1 aromatic rings. The van der Waals surface area contributed by atoms with Crippen molar-refractivity contribution in [2.75, 3.05) is 25.1 Å². The Bertz CT molecular complexity index is 445. The van der Waals surface area contributed by atoms with Crippen LogP contribution in [0.15, 0.2) is 12.3 Å². The first-order valence-corrected chi connectivity index (χ1v) is 5.78. The third-order valence-electron chi connectivity index (χ3n) is 3.14. The zero-order valence-electron chi connectivity index (χ0n) is 10.1. The third-order valence-corrected chi connectivity index (χ3v) is 3.14. The molecule has 1 aromatic heterocycles. The summed E-state index contributed by atoms with van der Waals surface area (Å²) in [7, 11) is 1.67. The van der Waals surface area contributed by atoms with Crippen molar-refractivity contribution < 1.29 is 19.0 Å². The first kappa shape index (κ1) is 12.8. The highest BCUT2D eigenvalue weighted by molar-refractivity contribution is 5.93. The Morgan fingerprint density at radius 3 is 2.78 bits per heavy atom. The fourth-order valence-corrected chi connectivity index (χ4v) is 2.14. The van der Waals surface area contributed by atoms with Crippen molar-refractivity contribution in [3.63, 3.8) is 0 Å². The van der Waals surface area contributed by atoms with Crippen LogP contribution in [0.4, 0.5) is 10.2 Å². The molecule has 2 rings (SSSR count). The lowest BCUT2D eigenvalue weighted by Crippen LogP contribution is -2.38. The van der Waals surface area contributed by atoms with Gasteiger partial charge in [0.1, 0.15) is 17.2 Å². The number of methoxy groups -OCH3 is 1. The number of carbonyl (C=O) groups is 1. The number of rotatable bonds is 3. The number of piperidine rings is 1. The van der Waals surface area contributed by atoms with Crippen molar-refractivity contribution >= 4 is 11.8 Å². The van der Waals surface area contributed by atoms with Crippen LogP contribution in [0.3, 0.4) is 0 Å². The van der Waals surface area contributed by atoms with E-state index in [0.717, 1.165) is 25.1 Å². The summed E-state index contributed by atoms with van der Waals surface area (Å²) in [6.45, 7) is 1.33. The average molecular weight is 254 g/mol. The maximum Gasteiger partial charge on any atom is 0.339 e. The van der Waals surface area contributed by atoms with Gasteiger partial charge in [0.15, 0.2) is 0 Å². The molecule has 18 heavy (non-hydrogen) atoms. The number of anilines is 1. The van der Waals surface area contributed by atoms with Crippen LogP contribution in [0.25, 0.3) is 0 Å². The van der Waals surface area contributed by atoms with Crippen molar-refractivity contribution in [2.24, 2.45) is 0 Å². The summed E-state index contributed by atoms with van der Waals surface area (Å²) in [6.07, 6.45) is 2.88. The molecule has 0 amide bonds. The first-order chi connectivity index (χ1) is 8.61. The van der Waals surface area contributed by atoms with Crippen molar-refractivity contribution in [3.8, 4) is 0 Å². The molecule has 0 atom stereocenters. The number of pyridine rings is 1. The van der Waals surface area contributed by atoms with Gasteiger partial charge in [0.2, 0.25) is 0 Å². The molecule has 98 valence electrons. The van der Waals surface area contributed by atoms with E-state index in [1.807, 2.05) is 4.90 Å². The number of ether oxygens (including phenoxy) is 1. The third kappa shape index (κ3) is 2.59. The van der Waals surface area contributed by atoms with Gasteiger partial charge in [-0.15, -0.1) is 0 Å². The zero-order valence-corrected chi connectivity index (χ0v) is 10.1. The van der Waals surface area contributed by atoms with E-state index in [-0.39, 0.29) is 11.7 Å². The number of hydrogen-bond donors (Lipinski definition) is 1. The van der Waals surface area contributed by atoms with E-state index < -0.39 is 11.8 Å². The molecule has 0 aliphatic carbocycles. The van der Waals surface area contributed by atoms with Gasteiger partial charge >= 0.3 is 5.97 Å². The van der Waals surface area contributed by atoms with Gasteiger partial charge in [-0.3, -0.25) is 0 Å². The highest BCUT2D eigenvalue weighted by Crippen LogP contribution is 2.23. The van der Waals surface area contributed by atoms with Gasteiger partial charge in [-0.1, -0.05) is 0 Å². The molecule has 1 N–H and O–H groups in total. The van der Waals surface area contributed by atoms with Gasteiger partial charge in [-0.05, 0) is 18.9 Å². The number of aromatic carboxylic acids is 1. The molecule has 1 aliphatic heterocycles. The molecule has 1 saturated heterocycles. The molecule has 1 fully saturated rings. The van der Waals surface area contributed by atoms with Crippen molar-refractivity contribution in [2.45, 2.75) is 18.9 Å². The van der Waals surface area contributed by atoms with Gasteiger partial charge in [0.05, 0.1) is 12.3 Å². The summed E-state index contributed by atoms with van der Waals surface area (Å²) in [5, 5.41) is 9.06. The van der Waals surface area contributed by atoms with Crippen LogP contribution in [-0.4, -0.2) is 42.4 Å². The van der Waals surface area contributed by atoms with Gasteiger partial charge < -0.3 is 14.7 Å². The molecule has 0 saturated carbocycles. The van der Waals surface area contributed by atoms with E-state index >= 15 is 0 Å². The molecule has 5 nitrogen and oxygen atoms in total. The fourth-order valence-electron chi connectivity index (χ4n) is 2.14. The van der Waals surface area contributed by atoms with E-state index in [2.05, 4.69) is 4.98 Å². The normalized spacial score (nSPS) is 16.9. The van der Waals surface area contributed by atoms with E-state index in [0.29, 0.717) is 18.9 Å². The van der Waals surface area contributed by atoms with Crippen molar-refractivity contribution in [1.29, 1.82) is 0 Å². The molecule has 6 heteroatoms. The molecular weight excluding hydrogens is 239 g/mol. The molecule has 1 aliphatic rings. The number of aromatic nitrogens is 1. The topological polar surface area (TPSA) is 62.7 Å².